The lowest BCUT2D eigenvalue weighted by molar-refractivity contribution is 0.251. The molecule has 0 fully saturated rings. The van der Waals surface area contributed by atoms with Crippen LogP contribution in [0.5, 0.6) is 0 Å². The first-order chi connectivity index (χ1) is 9.97. The number of carbonyl (C=O) groups excluding carboxylic acids is 1. The summed E-state index contributed by atoms with van der Waals surface area (Å²) in [7, 11) is 0. The zero-order chi connectivity index (χ0) is 15.4. The van der Waals surface area contributed by atoms with E-state index in [1.165, 1.54) is 0 Å². The topological polar surface area (TPSA) is 41.1 Å². The molecule has 2 rings (SSSR count). The predicted molar refractivity (Wildman–Crippen MR) is 81.3 cm³/mol. The molecule has 2 amide bonds. The predicted octanol–water partition coefficient (Wildman–Crippen LogP) is 4.03. The summed E-state index contributed by atoms with van der Waals surface area (Å²) in [6, 6.07) is 8.43. The smallest absolute Gasteiger partial charge is 0.319 e. The van der Waals surface area contributed by atoms with Crippen LogP contribution in [0.2, 0.25) is 0 Å². The second kappa shape index (κ2) is 6.79. The zero-order valence-electron chi connectivity index (χ0n) is 10.6. The minimum Gasteiger partial charge on any atom is -0.334 e. The first kappa shape index (κ1) is 15.6. The fourth-order valence-electron chi connectivity index (χ4n) is 1.62. The fourth-order valence-corrected chi connectivity index (χ4v) is 2.23. The van der Waals surface area contributed by atoms with Gasteiger partial charge < -0.3 is 10.6 Å². The Labute approximate surface area is 132 Å². The number of hydrogen-bond acceptors (Lipinski definition) is 1. The summed E-state index contributed by atoms with van der Waals surface area (Å²) >= 11 is 2.14. The lowest BCUT2D eigenvalue weighted by Crippen LogP contribution is -2.28. The highest BCUT2D eigenvalue weighted by Crippen LogP contribution is 2.19. The third-order valence-corrected chi connectivity index (χ3v) is 3.30. The highest BCUT2D eigenvalue weighted by atomic mass is 127. The van der Waals surface area contributed by atoms with Gasteiger partial charge in [0.25, 0.3) is 0 Å². The highest BCUT2D eigenvalue weighted by Gasteiger charge is 2.14. The van der Waals surface area contributed by atoms with Gasteiger partial charge in [-0.1, -0.05) is 12.1 Å². The normalized spacial score (nSPS) is 10.3. The van der Waals surface area contributed by atoms with Crippen LogP contribution in [-0.4, -0.2) is 6.03 Å². The van der Waals surface area contributed by atoms with Crippen LogP contribution in [0.25, 0.3) is 0 Å². The molecule has 21 heavy (non-hydrogen) atoms. The quantitative estimate of drug-likeness (QED) is 0.587. The second-order valence-corrected chi connectivity index (χ2v) is 5.41. The lowest BCUT2D eigenvalue weighted by atomic mass is 10.2. The maximum Gasteiger partial charge on any atom is 0.319 e. The number of amides is 2. The van der Waals surface area contributed by atoms with Gasteiger partial charge in [0.05, 0.1) is 5.69 Å². The van der Waals surface area contributed by atoms with Crippen LogP contribution in [0.3, 0.4) is 0 Å². The fraction of sp³-hybridized carbons (Fsp3) is 0.0714. The van der Waals surface area contributed by atoms with Crippen molar-refractivity contribution >= 4 is 34.3 Å². The number of carbonyl (C=O) groups is 1. The maximum absolute atomic E-state index is 13.4. The van der Waals surface area contributed by atoms with Gasteiger partial charge in [-0.2, -0.15) is 0 Å². The number of hydrogen-bond donors (Lipinski definition) is 2. The van der Waals surface area contributed by atoms with Crippen molar-refractivity contribution in [3.05, 3.63) is 63.0 Å². The van der Waals surface area contributed by atoms with Gasteiger partial charge in [-0.05, 0) is 52.4 Å². The third-order valence-electron chi connectivity index (χ3n) is 2.63. The van der Waals surface area contributed by atoms with Crippen molar-refractivity contribution < 1.29 is 18.0 Å². The van der Waals surface area contributed by atoms with Gasteiger partial charge in [0.15, 0.2) is 17.5 Å². The van der Waals surface area contributed by atoms with Crippen molar-refractivity contribution in [2.45, 2.75) is 6.54 Å². The van der Waals surface area contributed by atoms with Gasteiger partial charge in [0.2, 0.25) is 0 Å². The molecule has 0 heterocycles. The van der Waals surface area contributed by atoms with Gasteiger partial charge in [0, 0.05) is 10.1 Å². The van der Waals surface area contributed by atoms with Crippen LogP contribution in [0.1, 0.15) is 5.56 Å². The zero-order valence-corrected chi connectivity index (χ0v) is 12.7. The van der Waals surface area contributed by atoms with Gasteiger partial charge in [-0.25, -0.2) is 18.0 Å². The summed E-state index contributed by atoms with van der Waals surface area (Å²) in [4.78, 5) is 11.6. The van der Waals surface area contributed by atoms with E-state index in [1.807, 2.05) is 24.3 Å². The maximum atomic E-state index is 13.4. The summed E-state index contributed by atoms with van der Waals surface area (Å²) in [5, 5.41) is 4.63. The van der Waals surface area contributed by atoms with E-state index in [0.29, 0.717) is 0 Å². The summed E-state index contributed by atoms with van der Waals surface area (Å²) in [6.45, 7) is 0.230. The number of rotatable bonds is 3. The molecule has 0 saturated carbocycles. The number of nitrogens with one attached hydrogen (secondary N) is 2. The Balaban J connectivity index is 1.98. The molecule has 0 aromatic heterocycles. The van der Waals surface area contributed by atoms with Crippen LogP contribution >= 0.6 is 22.6 Å². The van der Waals surface area contributed by atoms with Gasteiger partial charge >= 0.3 is 6.03 Å². The van der Waals surface area contributed by atoms with Gasteiger partial charge in [0.1, 0.15) is 0 Å². The van der Waals surface area contributed by atoms with E-state index >= 15 is 0 Å². The van der Waals surface area contributed by atoms with Crippen molar-refractivity contribution in [1.29, 1.82) is 0 Å². The molecule has 3 nitrogen and oxygen atoms in total. The second-order valence-electron chi connectivity index (χ2n) is 4.16. The molecular weight excluding hydrogens is 396 g/mol. The molecule has 0 spiro atoms. The van der Waals surface area contributed by atoms with Crippen molar-refractivity contribution in [2.24, 2.45) is 0 Å². The molecule has 0 saturated heterocycles. The summed E-state index contributed by atoms with van der Waals surface area (Å²) < 4.78 is 40.2. The van der Waals surface area contributed by atoms with Crippen LogP contribution < -0.4 is 10.6 Å². The summed E-state index contributed by atoms with van der Waals surface area (Å²) in [5.41, 5.74) is 0.442. The molecule has 0 aliphatic carbocycles. The standard InChI is InChI=1S/C14H10F3IN2O/c15-10-4-5-11(13(17)12(10)16)20-14(21)19-7-8-2-1-3-9(18)6-8/h1-6H,7H2,(H2,19,20,21). The van der Waals surface area contributed by atoms with E-state index in [0.717, 1.165) is 21.3 Å². The van der Waals surface area contributed by atoms with E-state index in [1.54, 1.807) is 0 Å². The molecule has 7 heteroatoms. The van der Waals surface area contributed by atoms with Crippen LogP contribution in [0.4, 0.5) is 23.7 Å². The molecule has 0 unspecified atom stereocenters. The minimum atomic E-state index is -1.62. The molecular formula is C14H10F3IN2O. The highest BCUT2D eigenvalue weighted by molar-refractivity contribution is 14.1. The lowest BCUT2D eigenvalue weighted by Gasteiger charge is -2.09. The molecule has 2 aromatic rings. The molecule has 0 aliphatic rings. The number of halogens is 4. The molecule has 0 aliphatic heterocycles. The Kier molecular flexibility index (Phi) is 5.05. The number of urea groups is 1. The molecule has 2 aromatic carbocycles. The Morgan fingerprint density at radius 3 is 2.57 bits per heavy atom. The molecule has 2 N–H and O–H groups in total. The summed E-state index contributed by atoms with van der Waals surface area (Å²) in [5.74, 6) is -4.36. The molecule has 0 radical (unpaired) electrons. The SMILES string of the molecule is O=C(NCc1cccc(I)c1)Nc1ccc(F)c(F)c1F. The first-order valence-corrected chi connectivity index (χ1v) is 6.98. The Hall–Kier alpha value is -1.77. The van der Waals surface area contributed by atoms with Gasteiger partial charge in [-0.3, -0.25) is 0 Å². The third kappa shape index (κ3) is 4.10. The average Bonchev–Trinajstić information content (AvgIpc) is 2.46. The van der Waals surface area contributed by atoms with Crippen molar-refractivity contribution in [2.75, 3.05) is 5.32 Å². The molecule has 0 bridgehead atoms. The number of benzene rings is 2. The number of anilines is 1. The summed E-state index contributed by atoms with van der Waals surface area (Å²) in [6.07, 6.45) is 0. The van der Waals surface area contributed by atoms with E-state index in [4.69, 9.17) is 0 Å². The molecule has 0 atom stereocenters. The van der Waals surface area contributed by atoms with E-state index in [9.17, 15) is 18.0 Å². The Morgan fingerprint density at radius 1 is 1.10 bits per heavy atom. The first-order valence-electron chi connectivity index (χ1n) is 5.90. The van der Waals surface area contributed by atoms with Crippen molar-refractivity contribution in [3.63, 3.8) is 0 Å². The van der Waals surface area contributed by atoms with E-state index < -0.39 is 29.2 Å². The van der Waals surface area contributed by atoms with Gasteiger partial charge in [-0.15, -0.1) is 0 Å². The minimum absolute atomic E-state index is 0.230. The Bertz CT molecular complexity index is 679. The van der Waals surface area contributed by atoms with Crippen molar-refractivity contribution in [1.82, 2.24) is 5.32 Å². The largest absolute Gasteiger partial charge is 0.334 e. The monoisotopic (exact) mass is 406 g/mol. The van der Waals surface area contributed by atoms with E-state index in [-0.39, 0.29) is 6.54 Å². The van der Waals surface area contributed by atoms with Crippen LogP contribution in [0, 0.1) is 21.0 Å². The van der Waals surface area contributed by atoms with Crippen LogP contribution in [-0.2, 0) is 6.54 Å². The van der Waals surface area contributed by atoms with E-state index in [2.05, 4.69) is 33.2 Å². The van der Waals surface area contributed by atoms with Crippen LogP contribution in [0.15, 0.2) is 36.4 Å². The molecule has 110 valence electrons. The Morgan fingerprint density at radius 2 is 1.86 bits per heavy atom. The average molecular weight is 406 g/mol. The van der Waals surface area contributed by atoms with Crippen molar-refractivity contribution in [3.8, 4) is 0 Å².